The van der Waals surface area contributed by atoms with Crippen molar-refractivity contribution in [3.63, 3.8) is 0 Å². The third kappa shape index (κ3) is 2.48. The van der Waals surface area contributed by atoms with E-state index in [1.807, 2.05) is 0 Å². The predicted octanol–water partition coefficient (Wildman–Crippen LogP) is 1.19. The van der Waals surface area contributed by atoms with Crippen LogP contribution in [0.4, 0.5) is 0 Å². The van der Waals surface area contributed by atoms with Crippen LogP contribution < -0.4 is 0 Å². The fourth-order valence-corrected chi connectivity index (χ4v) is 1.95. The van der Waals surface area contributed by atoms with E-state index in [9.17, 15) is 4.79 Å². The maximum atomic E-state index is 10.4. The SMILES string of the molecule is CN(C)C1CCC(CC(=O)O)C1. The summed E-state index contributed by atoms with van der Waals surface area (Å²) in [6, 6.07) is 0.606. The lowest BCUT2D eigenvalue weighted by atomic mass is 10.0. The van der Waals surface area contributed by atoms with Crippen molar-refractivity contribution < 1.29 is 9.90 Å². The van der Waals surface area contributed by atoms with Crippen molar-refractivity contribution in [2.75, 3.05) is 14.1 Å². The van der Waals surface area contributed by atoms with E-state index in [1.54, 1.807) is 0 Å². The van der Waals surface area contributed by atoms with Crippen LogP contribution in [0.3, 0.4) is 0 Å². The van der Waals surface area contributed by atoms with E-state index >= 15 is 0 Å². The summed E-state index contributed by atoms with van der Waals surface area (Å²) in [4.78, 5) is 12.6. The number of aliphatic carboxylic acids is 1. The highest BCUT2D eigenvalue weighted by atomic mass is 16.4. The number of rotatable bonds is 3. The first-order chi connectivity index (χ1) is 5.59. The van der Waals surface area contributed by atoms with Gasteiger partial charge in [0.15, 0.2) is 0 Å². The summed E-state index contributed by atoms with van der Waals surface area (Å²) in [6.45, 7) is 0. The zero-order valence-corrected chi connectivity index (χ0v) is 7.79. The molecule has 0 aromatic rings. The molecule has 2 atom stereocenters. The molecule has 1 fully saturated rings. The van der Waals surface area contributed by atoms with Gasteiger partial charge in [-0.1, -0.05) is 0 Å². The average molecular weight is 171 g/mol. The van der Waals surface area contributed by atoms with Gasteiger partial charge in [-0.25, -0.2) is 0 Å². The number of hydrogen-bond donors (Lipinski definition) is 1. The average Bonchev–Trinajstić information content (AvgIpc) is 2.34. The van der Waals surface area contributed by atoms with Crippen LogP contribution in [0.2, 0.25) is 0 Å². The highest BCUT2D eigenvalue weighted by Gasteiger charge is 2.27. The Morgan fingerprint density at radius 2 is 2.17 bits per heavy atom. The third-order valence-electron chi connectivity index (χ3n) is 2.71. The minimum Gasteiger partial charge on any atom is -0.481 e. The Labute approximate surface area is 73.4 Å². The first kappa shape index (κ1) is 9.52. The van der Waals surface area contributed by atoms with Crippen molar-refractivity contribution in [1.29, 1.82) is 0 Å². The largest absolute Gasteiger partial charge is 0.481 e. The lowest BCUT2D eigenvalue weighted by Gasteiger charge is -2.18. The van der Waals surface area contributed by atoms with Gasteiger partial charge in [-0.15, -0.1) is 0 Å². The molecular formula is C9H17NO2. The number of hydrogen-bond acceptors (Lipinski definition) is 2. The molecule has 1 rings (SSSR count). The van der Waals surface area contributed by atoms with Gasteiger partial charge in [0.25, 0.3) is 0 Å². The van der Waals surface area contributed by atoms with E-state index in [2.05, 4.69) is 19.0 Å². The van der Waals surface area contributed by atoms with E-state index in [4.69, 9.17) is 5.11 Å². The van der Waals surface area contributed by atoms with E-state index in [0.29, 0.717) is 18.4 Å². The molecule has 0 aliphatic heterocycles. The number of carboxylic acids is 1. The Morgan fingerprint density at radius 1 is 1.50 bits per heavy atom. The molecule has 1 saturated carbocycles. The Kier molecular flexibility index (Phi) is 3.09. The topological polar surface area (TPSA) is 40.5 Å². The molecular weight excluding hydrogens is 154 g/mol. The van der Waals surface area contributed by atoms with Gasteiger partial charge in [0.05, 0.1) is 0 Å². The standard InChI is InChI=1S/C9H17NO2/c1-10(2)8-4-3-7(5-8)6-9(11)12/h7-8H,3-6H2,1-2H3,(H,11,12). The maximum Gasteiger partial charge on any atom is 0.303 e. The zero-order chi connectivity index (χ0) is 9.14. The summed E-state index contributed by atoms with van der Waals surface area (Å²) < 4.78 is 0. The molecule has 0 aromatic heterocycles. The molecule has 0 aromatic carbocycles. The molecule has 3 heteroatoms. The van der Waals surface area contributed by atoms with Crippen molar-refractivity contribution in [2.45, 2.75) is 31.7 Å². The summed E-state index contributed by atoms with van der Waals surface area (Å²) in [6.07, 6.45) is 3.64. The minimum atomic E-state index is -0.653. The first-order valence-electron chi connectivity index (χ1n) is 4.48. The van der Waals surface area contributed by atoms with Crippen LogP contribution in [0, 0.1) is 5.92 Å². The summed E-state index contributed by atoms with van der Waals surface area (Å²) in [5, 5.41) is 8.59. The van der Waals surface area contributed by atoms with Gasteiger partial charge in [-0.05, 0) is 39.3 Å². The van der Waals surface area contributed by atoms with E-state index in [-0.39, 0.29) is 0 Å². The number of carbonyl (C=O) groups is 1. The lowest BCUT2D eigenvalue weighted by Crippen LogP contribution is -2.25. The molecule has 1 N–H and O–H groups in total. The Balaban J connectivity index is 2.30. The van der Waals surface area contributed by atoms with Crippen molar-refractivity contribution >= 4 is 5.97 Å². The smallest absolute Gasteiger partial charge is 0.303 e. The molecule has 2 unspecified atom stereocenters. The van der Waals surface area contributed by atoms with E-state index in [0.717, 1.165) is 19.3 Å². The second-order valence-corrected chi connectivity index (χ2v) is 3.89. The highest BCUT2D eigenvalue weighted by molar-refractivity contribution is 5.67. The fraction of sp³-hybridized carbons (Fsp3) is 0.889. The third-order valence-corrected chi connectivity index (χ3v) is 2.71. The Morgan fingerprint density at radius 3 is 2.58 bits per heavy atom. The summed E-state index contributed by atoms with van der Waals surface area (Å²) in [5.41, 5.74) is 0. The predicted molar refractivity (Wildman–Crippen MR) is 47.1 cm³/mol. The van der Waals surface area contributed by atoms with Crippen molar-refractivity contribution in [2.24, 2.45) is 5.92 Å². The van der Waals surface area contributed by atoms with Gasteiger partial charge in [-0.3, -0.25) is 4.79 Å². The minimum absolute atomic E-state index is 0.352. The second-order valence-electron chi connectivity index (χ2n) is 3.89. The zero-order valence-electron chi connectivity index (χ0n) is 7.79. The first-order valence-corrected chi connectivity index (χ1v) is 4.48. The maximum absolute atomic E-state index is 10.4. The van der Waals surface area contributed by atoms with Gasteiger partial charge in [-0.2, -0.15) is 0 Å². The fourth-order valence-electron chi connectivity index (χ4n) is 1.95. The summed E-state index contributed by atoms with van der Waals surface area (Å²) in [7, 11) is 4.13. The molecule has 0 amide bonds. The molecule has 0 saturated heterocycles. The number of nitrogens with zero attached hydrogens (tertiary/aromatic N) is 1. The molecule has 0 heterocycles. The van der Waals surface area contributed by atoms with Crippen LogP contribution in [-0.4, -0.2) is 36.1 Å². The summed E-state index contributed by atoms with van der Waals surface area (Å²) in [5.74, 6) is -0.241. The monoisotopic (exact) mass is 171 g/mol. The highest BCUT2D eigenvalue weighted by Crippen LogP contribution is 2.30. The van der Waals surface area contributed by atoms with Gasteiger partial charge < -0.3 is 10.0 Å². The quantitative estimate of drug-likeness (QED) is 0.693. The molecule has 0 spiro atoms. The molecule has 3 nitrogen and oxygen atoms in total. The summed E-state index contributed by atoms with van der Waals surface area (Å²) >= 11 is 0. The van der Waals surface area contributed by atoms with E-state index in [1.165, 1.54) is 0 Å². The van der Waals surface area contributed by atoms with Gasteiger partial charge in [0.2, 0.25) is 0 Å². The number of carboxylic acid groups (broad SMARTS) is 1. The van der Waals surface area contributed by atoms with Crippen molar-refractivity contribution in [1.82, 2.24) is 4.90 Å². The van der Waals surface area contributed by atoms with Crippen LogP contribution in [0.15, 0.2) is 0 Å². The van der Waals surface area contributed by atoms with Crippen LogP contribution in [-0.2, 0) is 4.79 Å². The van der Waals surface area contributed by atoms with Crippen LogP contribution in [0.25, 0.3) is 0 Å². The Bertz CT molecular complexity index is 168. The molecule has 70 valence electrons. The molecule has 0 bridgehead atoms. The van der Waals surface area contributed by atoms with Crippen LogP contribution in [0.5, 0.6) is 0 Å². The molecule has 1 aliphatic rings. The van der Waals surface area contributed by atoms with E-state index < -0.39 is 5.97 Å². The molecule has 0 radical (unpaired) electrons. The van der Waals surface area contributed by atoms with Crippen LogP contribution >= 0.6 is 0 Å². The molecule has 12 heavy (non-hydrogen) atoms. The van der Waals surface area contributed by atoms with Gasteiger partial charge in [0, 0.05) is 12.5 Å². The van der Waals surface area contributed by atoms with Crippen molar-refractivity contribution in [3.8, 4) is 0 Å². The van der Waals surface area contributed by atoms with Crippen molar-refractivity contribution in [3.05, 3.63) is 0 Å². The second kappa shape index (κ2) is 3.90. The lowest BCUT2D eigenvalue weighted by molar-refractivity contribution is -0.138. The van der Waals surface area contributed by atoms with Gasteiger partial charge >= 0.3 is 5.97 Å². The van der Waals surface area contributed by atoms with Crippen LogP contribution in [0.1, 0.15) is 25.7 Å². The molecule has 1 aliphatic carbocycles. The van der Waals surface area contributed by atoms with Gasteiger partial charge in [0.1, 0.15) is 0 Å². The Hall–Kier alpha value is -0.570. The normalized spacial score (nSPS) is 29.6.